The van der Waals surface area contributed by atoms with Gasteiger partial charge in [-0.2, -0.15) is 0 Å². The van der Waals surface area contributed by atoms with Crippen molar-refractivity contribution >= 4 is 40.6 Å². The Labute approximate surface area is 242 Å². The van der Waals surface area contributed by atoms with Gasteiger partial charge >= 0.3 is 0 Å². The zero-order chi connectivity index (χ0) is 27.4. The second kappa shape index (κ2) is 10.1. The Morgan fingerprint density at radius 3 is 2.67 bits per heavy atom. The van der Waals surface area contributed by atoms with Crippen LogP contribution in [0.25, 0.3) is 17.1 Å². The van der Waals surface area contributed by atoms with Gasteiger partial charge in [-0.15, -0.1) is 21.5 Å². The Kier molecular flexibility index (Phi) is 6.84. The predicted molar refractivity (Wildman–Crippen MR) is 159 cm³/mol. The molecule has 1 saturated carbocycles. The molecule has 1 aliphatic carbocycles. The minimum atomic E-state index is 0.0676. The monoisotopic (exact) mass is 577 g/mol. The number of benzene rings is 2. The minimum Gasteiger partial charge on any atom is -0.334 e. The van der Waals surface area contributed by atoms with Gasteiger partial charge in [0.15, 0.2) is 11.0 Å². The van der Waals surface area contributed by atoms with Crippen LogP contribution in [-0.4, -0.2) is 43.1 Å². The van der Waals surface area contributed by atoms with E-state index >= 15 is 0 Å². The molecule has 0 radical (unpaired) electrons. The molecule has 9 heteroatoms. The Balaban J connectivity index is 1.24. The van der Waals surface area contributed by atoms with Crippen molar-refractivity contribution in [2.45, 2.75) is 63.9 Å². The molecular weight excluding hydrogens is 546 g/mol. The molecular formula is C30H32ClN5OS2. The van der Waals surface area contributed by atoms with Crippen molar-refractivity contribution in [3.63, 3.8) is 0 Å². The lowest BCUT2D eigenvalue weighted by molar-refractivity contribution is 0.0703. The van der Waals surface area contributed by atoms with Gasteiger partial charge in [-0.3, -0.25) is 9.36 Å². The minimum absolute atomic E-state index is 0.0676. The number of hydrogen-bond donors (Lipinski definition) is 0. The zero-order valence-corrected chi connectivity index (χ0v) is 25.0. The third-order valence-electron chi connectivity index (χ3n) is 7.88. The second-order valence-corrected chi connectivity index (χ2v) is 14.3. The summed E-state index contributed by atoms with van der Waals surface area (Å²) >= 11 is 9.65. The predicted octanol–water partition coefficient (Wildman–Crippen LogP) is 7.69. The SMILES string of the molecule is Cc1ccccc1-n1c(SCc2nc(C(=O)N3CC4(C)CC3CC(C)(C)C4)cs2)nnc1-c1ccccc1Cl. The summed E-state index contributed by atoms with van der Waals surface area (Å²) in [6.07, 6.45) is 3.32. The first-order chi connectivity index (χ1) is 18.6. The first-order valence-corrected chi connectivity index (χ1v) is 15.5. The van der Waals surface area contributed by atoms with Gasteiger partial charge in [-0.05, 0) is 60.8 Å². The third kappa shape index (κ3) is 5.14. The molecule has 1 saturated heterocycles. The Morgan fingerprint density at radius 2 is 1.87 bits per heavy atom. The van der Waals surface area contributed by atoms with Crippen LogP contribution in [0.5, 0.6) is 0 Å². The van der Waals surface area contributed by atoms with Crippen LogP contribution < -0.4 is 0 Å². The van der Waals surface area contributed by atoms with Crippen molar-refractivity contribution in [3.05, 3.63) is 75.2 Å². The van der Waals surface area contributed by atoms with E-state index in [9.17, 15) is 4.79 Å². The van der Waals surface area contributed by atoms with E-state index in [-0.39, 0.29) is 16.7 Å². The van der Waals surface area contributed by atoms with Gasteiger partial charge in [0.25, 0.3) is 5.91 Å². The first-order valence-electron chi connectivity index (χ1n) is 13.3. The summed E-state index contributed by atoms with van der Waals surface area (Å²) in [5.74, 6) is 1.36. The fraction of sp³-hybridized carbons (Fsp3) is 0.400. The van der Waals surface area contributed by atoms with Crippen LogP contribution in [0.2, 0.25) is 5.02 Å². The molecule has 0 spiro atoms. The highest BCUT2D eigenvalue weighted by molar-refractivity contribution is 7.98. The molecule has 2 bridgehead atoms. The van der Waals surface area contributed by atoms with Crippen LogP contribution in [0.15, 0.2) is 59.1 Å². The van der Waals surface area contributed by atoms with Gasteiger partial charge in [-0.25, -0.2) is 4.98 Å². The van der Waals surface area contributed by atoms with Crippen molar-refractivity contribution in [2.24, 2.45) is 10.8 Å². The summed E-state index contributed by atoms with van der Waals surface area (Å²) < 4.78 is 2.06. The quantitative estimate of drug-likeness (QED) is 0.220. The van der Waals surface area contributed by atoms with E-state index < -0.39 is 0 Å². The second-order valence-electron chi connectivity index (χ2n) is 12.0. The molecule has 4 aromatic rings. The molecule has 3 heterocycles. The maximum atomic E-state index is 13.5. The van der Waals surface area contributed by atoms with E-state index in [1.165, 1.54) is 11.3 Å². The molecule has 2 fully saturated rings. The maximum Gasteiger partial charge on any atom is 0.273 e. The highest BCUT2D eigenvalue weighted by Crippen LogP contribution is 2.52. The van der Waals surface area contributed by atoms with Crippen LogP contribution in [0.3, 0.4) is 0 Å². The molecule has 1 amide bonds. The lowest BCUT2D eigenvalue weighted by atomic mass is 9.65. The van der Waals surface area contributed by atoms with Gasteiger partial charge in [-0.1, -0.05) is 74.5 Å². The summed E-state index contributed by atoms with van der Waals surface area (Å²) in [5, 5.41) is 13.3. The zero-order valence-electron chi connectivity index (χ0n) is 22.6. The van der Waals surface area contributed by atoms with Crippen molar-refractivity contribution in [2.75, 3.05) is 6.54 Å². The van der Waals surface area contributed by atoms with E-state index in [0.29, 0.717) is 28.3 Å². The largest absolute Gasteiger partial charge is 0.334 e. The number of nitrogens with zero attached hydrogens (tertiary/aromatic N) is 5. The van der Waals surface area contributed by atoms with Crippen LogP contribution in [0.1, 0.15) is 61.1 Å². The van der Waals surface area contributed by atoms with E-state index in [0.717, 1.165) is 52.8 Å². The number of amides is 1. The fourth-order valence-electron chi connectivity index (χ4n) is 6.66. The van der Waals surface area contributed by atoms with Crippen molar-refractivity contribution in [1.82, 2.24) is 24.6 Å². The molecule has 2 aromatic carbocycles. The molecule has 2 aromatic heterocycles. The van der Waals surface area contributed by atoms with Gasteiger partial charge < -0.3 is 4.90 Å². The number of thiazole rings is 1. The highest BCUT2D eigenvalue weighted by atomic mass is 35.5. The molecule has 2 atom stereocenters. The smallest absolute Gasteiger partial charge is 0.273 e. The van der Waals surface area contributed by atoms with Crippen LogP contribution in [-0.2, 0) is 5.75 Å². The number of carbonyl (C=O) groups excluding carboxylic acids is 1. The van der Waals surface area contributed by atoms with E-state index in [1.807, 2.05) is 41.8 Å². The molecule has 1 aliphatic heterocycles. The number of carbonyl (C=O) groups is 1. The number of likely N-dealkylation sites (tertiary alicyclic amines) is 1. The Bertz CT molecular complexity index is 1550. The number of hydrogen-bond acceptors (Lipinski definition) is 6. The number of rotatable bonds is 6. The average Bonchev–Trinajstić information content (AvgIpc) is 3.58. The van der Waals surface area contributed by atoms with Crippen molar-refractivity contribution in [3.8, 4) is 17.1 Å². The number of halogens is 1. The van der Waals surface area contributed by atoms with Crippen molar-refractivity contribution < 1.29 is 4.79 Å². The Hall–Kier alpha value is -2.68. The number of aryl methyl sites for hydroxylation is 1. The van der Waals surface area contributed by atoms with Crippen LogP contribution in [0, 0.1) is 17.8 Å². The molecule has 2 unspecified atom stereocenters. The molecule has 39 heavy (non-hydrogen) atoms. The molecule has 202 valence electrons. The van der Waals surface area contributed by atoms with Gasteiger partial charge in [0.2, 0.25) is 0 Å². The van der Waals surface area contributed by atoms with E-state index in [4.69, 9.17) is 16.6 Å². The lowest BCUT2D eigenvalue weighted by Crippen LogP contribution is -2.37. The summed E-state index contributed by atoms with van der Waals surface area (Å²) in [6, 6.07) is 16.2. The van der Waals surface area contributed by atoms with E-state index in [2.05, 4.69) is 59.5 Å². The van der Waals surface area contributed by atoms with Crippen LogP contribution in [0.4, 0.5) is 0 Å². The summed E-state index contributed by atoms with van der Waals surface area (Å²) in [4.78, 5) is 20.4. The fourth-order valence-corrected chi connectivity index (χ4v) is 8.61. The number of aromatic nitrogens is 4. The summed E-state index contributed by atoms with van der Waals surface area (Å²) in [5.41, 5.74) is 3.98. The van der Waals surface area contributed by atoms with Gasteiger partial charge in [0.1, 0.15) is 10.7 Å². The maximum absolute atomic E-state index is 13.5. The first kappa shape index (κ1) is 26.5. The molecule has 0 N–H and O–H groups in total. The van der Waals surface area contributed by atoms with Gasteiger partial charge in [0, 0.05) is 23.5 Å². The average molecular weight is 578 g/mol. The lowest BCUT2D eigenvalue weighted by Gasteiger charge is -2.39. The van der Waals surface area contributed by atoms with Gasteiger partial charge in [0.05, 0.1) is 16.5 Å². The van der Waals surface area contributed by atoms with E-state index in [1.54, 1.807) is 11.8 Å². The summed E-state index contributed by atoms with van der Waals surface area (Å²) in [7, 11) is 0. The normalized spacial score (nSPS) is 21.9. The topological polar surface area (TPSA) is 63.9 Å². The van der Waals surface area contributed by atoms with Crippen LogP contribution >= 0.6 is 34.7 Å². The molecule has 6 nitrogen and oxygen atoms in total. The number of fused-ring (bicyclic) bond motifs is 2. The molecule has 2 aliphatic rings. The number of thioether (sulfide) groups is 1. The highest BCUT2D eigenvalue weighted by Gasteiger charge is 2.51. The third-order valence-corrected chi connectivity index (χ3v) is 10.2. The summed E-state index contributed by atoms with van der Waals surface area (Å²) in [6.45, 7) is 9.89. The number of para-hydroxylation sites is 1. The Morgan fingerprint density at radius 1 is 1.10 bits per heavy atom. The standard InChI is InChI=1S/C30H32ClN5OS2/c1-19-9-5-8-12-24(19)36-26(21-10-6-7-11-22(21)31)33-34-28(36)39-16-25-32-23(15-38-25)27(37)35-18-30(4)14-20(35)13-29(2,3)17-30/h5-12,15,20H,13-14,16-18H2,1-4H3. The molecule has 6 rings (SSSR count). The van der Waals surface area contributed by atoms with Crippen molar-refractivity contribution in [1.29, 1.82) is 0 Å².